The van der Waals surface area contributed by atoms with Crippen LogP contribution in [-0.4, -0.2) is 53.0 Å². The molecule has 1 N–H and O–H groups in total. The lowest BCUT2D eigenvalue weighted by Crippen LogP contribution is -2.29. The molecule has 2 amide bonds. The third kappa shape index (κ3) is 4.40. The van der Waals surface area contributed by atoms with Crippen molar-refractivity contribution in [2.75, 3.05) is 23.4 Å². The third-order valence-corrected chi connectivity index (χ3v) is 7.49. The topological polar surface area (TPSA) is 101 Å². The fourth-order valence-corrected chi connectivity index (χ4v) is 5.79. The first-order chi connectivity index (χ1) is 14.2. The van der Waals surface area contributed by atoms with Crippen molar-refractivity contribution in [3.05, 3.63) is 47.2 Å². The Balaban J connectivity index is 1.42. The quantitative estimate of drug-likeness (QED) is 0.780. The van der Waals surface area contributed by atoms with Gasteiger partial charge in [0.1, 0.15) is 5.82 Å². The van der Waals surface area contributed by atoms with Crippen molar-refractivity contribution in [2.45, 2.75) is 39.3 Å². The maximum Gasteiger partial charge on any atom is 0.230 e. The monoisotopic (exact) mass is 430 g/mol. The van der Waals surface area contributed by atoms with Crippen LogP contribution >= 0.6 is 0 Å². The van der Waals surface area contributed by atoms with Gasteiger partial charge < -0.3 is 10.2 Å². The number of likely N-dealkylation sites (tertiary alicyclic amines) is 1. The number of carbonyl (C=O) groups is 2. The average Bonchev–Trinajstić information content (AvgIpc) is 3.34. The van der Waals surface area contributed by atoms with Gasteiger partial charge in [-0.3, -0.25) is 9.59 Å². The summed E-state index contributed by atoms with van der Waals surface area (Å²) in [6.45, 7) is 4.67. The Bertz CT molecular complexity index is 1070. The first kappa shape index (κ1) is 20.6. The van der Waals surface area contributed by atoms with Gasteiger partial charge >= 0.3 is 0 Å². The minimum Gasteiger partial charge on any atom is -0.338 e. The largest absolute Gasteiger partial charge is 0.338 e. The van der Waals surface area contributed by atoms with Crippen LogP contribution in [0.1, 0.15) is 35.7 Å². The standard InChI is InChI=1S/C21H26N4O4S/c1-14-3-5-16(6-4-14)11-24-12-17(10-20(24)26)21(27)22-19-9-15(2)23-25(19)18-7-8-30(28,29)13-18/h3-6,9,17-18H,7-8,10-13H2,1-2H3,(H,22,27). The molecule has 2 aromatic rings. The number of sulfone groups is 1. The van der Waals surface area contributed by atoms with E-state index in [-0.39, 0.29) is 35.8 Å². The molecule has 2 aliphatic rings. The van der Waals surface area contributed by atoms with Gasteiger partial charge in [0.15, 0.2) is 9.84 Å². The maximum atomic E-state index is 12.9. The highest BCUT2D eigenvalue weighted by molar-refractivity contribution is 7.91. The molecule has 0 saturated carbocycles. The van der Waals surface area contributed by atoms with E-state index in [1.807, 2.05) is 31.2 Å². The molecule has 9 heteroatoms. The lowest BCUT2D eigenvalue weighted by molar-refractivity contribution is -0.128. The molecular weight excluding hydrogens is 404 g/mol. The number of aryl methyl sites for hydroxylation is 2. The fourth-order valence-electron chi connectivity index (χ4n) is 4.10. The summed E-state index contributed by atoms with van der Waals surface area (Å²) in [5, 5.41) is 7.27. The second-order valence-corrected chi connectivity index (χ2v) is 10.6. The van der Waals surface area contributed by atoms with Gasteiger partial charge in [-0.25, -0.2) is 13.1 Å². The summed E-state index contributed by atoms with van der Waals surface area (Å²) in [6, 6.07) is 9.46. The van der Waals surface area contributed by atoms with Crippen LogP contribution in [0.2, 0.25) is 0 Å². The van der Waals surface area contributed by atoms with Gasteiger partial charge in [-0.2, -0.15) is 5.10 Å². The Morgan fingerprint density at radius 1 is 1.23 bits per heavy atom. The molecule has 160 valence electrons. The number of rotatable bonds is 5. The maximum absolute atomic E-state index is 12.9. The molecule has 0 radical (unpaired) electrons. The number of aromatic nitrogens is 2. The van der Waals surface area contributed by atoms with Crippen LogP contribution in [0, 0.1) is 19.8 Å². The number of nitrogens with one attached hydrogen (secondary N) is 1. The van der Waals surface area contributed by atoms with Crippen molar-refractivity contribution >= 4 is 27.5 Å². The van der Waals surface area contributed by atoms with Crippen LogP contribution < -0.4 is 5.32 Å². The van der Waals surface area contributed by atoms with E-state index in [2.05, 4.69) is 10.4 Å². The highest BCUT2D eigenvalue weighted by atomic mass is 32.2. The molecule has 2 atom stereocenters. The summed E-state index contributed by atoms with van der Waals surface area (Å²) in [6.07, 6.45) is 0.654. The van der Waals surface area contributed by atoms with Crippen LogP contribution in [0.5, 0.6) is 0 Å². The first-order valence-corrected chi connectivity index (χ1v) is 11.9. The second-order valence-electron chi connectivity index (χ2n) is 8.32. The van der Waals surface area contributed by atoms with Crippen LogP contribution in [-0.2, 0) is 26.0 Å². The number of nitrogens with zero attached hydrogens (tertiary/aromatic N) is 3. The summed E-state index contributed by atoms with van der Waals surface area (Å²) in [5.41, 5.74) is 2.90. The van der Waals surface area contributed by atoms with E-state index in [4.69, 9.17) is 0 Å². The first-order valence-electron chi connectivity index (χ1n) is 10.1. The summed E-state index contributed by atoms with van der Waals surface area (Å²) in [7, 11) is -3.07. The summed E-state index contributed by atoms with van der Waals surface area (Å²) in [4.78, 5) is 27.0. The Hall–Kier alpha value is -2.68. The van der Waals surface area contributed by atoms with E-state index in [9.17, 15) is 18.0 Å². The predicted octanol–water partition coefficient (Wildman–Crippen LogP) is 1.85. The summed E-state index contributed by atoms with van der Waals surface area (Å²) < 4.78 is 25.3. The van der Waals surface area contributed by atoms with E-state index in [1.54, 1.807) is 22.6 Å². The minimum absolute atomic E-state index is 0.0310. The molecule has 0 spiro atoms. The average molecular weight is 431 g/mol. The molecule has 0 bridgehead atoms. The molecule has 2 saturated heterocycles. The number of anilines is 1. The zero-order chi connectivity index (χ0) is 21.5. The van der Waals surface area contributed by atoms with Crippen LogP contribution in [0.4, 0.5) is 5.82 Å². The van der Waals surface area contributed by atoms with E-state index in [0.29, 0.717) is 31.0 Å². The minimum atomic E-state index is -3.07. The fraction of sp³-hybridized carbons (Fsp3) is 0.476. The Labute approximate surface area is 176 Å². The van der Waals surface area contributed by atoms with E-state index in [1.165, 1.54) is 0 Å². The second kappa shape index (κ2) is 7.86. The van der Waals surface area contributed by atoms with Crippen molar-refractivity contribution in [1.29, 1.82) is 0 Å². The molecule has 1 aromatic carbocycles. The van der Waals surface area contributed by atoms with Gasteiger partial charge in [-0.05, 0) is 25.8 Å². The molecule has 4 rings (SSSR count). The van der Waals surface area contributed by atoms with Crippen molar-refractivity contribution in [2.24, 2.45) is 5.92 Å². The zero-order valence-corrected chi connectivity index (χ0v) is 18.0. The van der Waals surface area contributed by atoms with E-state index >= 15 is 0 Å². The Morgan fingerprint density at radius 2 is 1.97 bits per heavy atom. The predicted molar refractivity (Wildman–Crippen MR) is 113 cm³/mol. The van der Waals surface area contributed by atoms with Crippen molar-refractivity contribution in [3.63, 3.8) is 0 Å². The van der Waals surface area contributed by atoms with Gasteiger partial charge in [-0.15, -0.1) is 0 Å². The summed E-state index contributed by atoms with van der Waals surface area (Å²) in [5.74, 6) is -0.0693. The number of hydrogen-bond donors (Lipinski definition) is 1. The smallest absolute Gasteiger partial charge is 0.230 e. The van der Waals surface area contributed by atoms with E-state index < -0.39 is 15.8 Å². The highest BCUT2D eigenvalue weighted by Crippen LogP contribution is 2.28. The molecule has 1 aromatic heterocycles. The van der Waals surface area contributed by atoms with Crippen molar-refractivity contribution in [1.82, 2.24) is 14.7 Å². The molecule has 0 aliphatic carbocycles. The van der Waals surface area contributed by atoms with Gasteiger partial charge in [-0.1, -0.05) is 29.8 Å². The summed E-state index contributed by atoms with van der Waals surface area (Å²) >= 11 is 0. The normalized spacial score (nSPS) is 23.1. The molecule has 30 heavy (non-hydrogen) atoms. The molecule has 2 fully saturated rings. The van der Waals surface area contributed by atoms with Crippen LogP contribution in [0.15, 0.2) is 30.3 Å². The van der Waals surface area contributed by atoms with Crippen molar-refractivity contribution in [3.8, 4) is 0 Å². The molecule has 2 unspecified atom stereocenters. The SMILES string of the molecule is Cc1ccc(CN2CC(C(=O)Nc3cc(C)nn3C3CCS(=O)(=O)C3)CC2=O)cc1. The van der Waals surface area contributed by atoms with Gasteiger partial charge in [0, 0.05) is 25.6 Å². The van der Waals surface area contributed by atoms with Crippen LogP contribution in [0.25, 0.3) is 0 Å². The number of amides is 2. The van der Waals surface area contributed by atoms with Crippen molar-refractivity contribution < 1.29 is 18.0 Å². The lowest BCUT2D eigenvalue weighted by Gasteiger charge is -2.18. The molecule has 8 nitrogen and oxygen atoms in total. The number of carbonyl (C=O) groups excluding carboxylic acids is 2. The van der Waals surface area contributed by atoms with Gasteiger partial charge in [0.25, 0.3) is 0 Å². The highest BCUT2D eigenvalue weighted by Gasteiger charge is 2.36. The van der Waals surface area contributed by atoms with Gasteiger partial charge in [0.05, 0.1) is 29.2 Å². The third-order valence-electron chi connectivity index (χ3n) is 5.74. The molecule has 2 aliphatic heterocycles. The Morgan fingerprint density at radius 3 is 2.63 bits per heavy atom. The zero-order valence-electron chi connectivity index (χ0n) is 17.2. The van der Waals surface area contributed by atoms with Crippen LogP contribution in [0.3, 0.4) is 0 Å². The van der Waals surface area contributed by atoms with Gasteiger partial charge in [0.2, 0.25) is 11.8 Å². The lowest BCUT2D eigenvalue weighted by atomic mass is 10.1. The number of benzene rings is 1. The number of hydrogen-bond acceptors (Lipinski definition) is 5. The molecule has 3 heterocycles. The Kier molecular flexibility index (Phi) is 5.40. The van der Waals surface area contributed by atoms with E-state index in [0.717, 1.165) is 11.1 Å². The molecular formula is C21H26N4O4S.